The van der Waals surface area contributed by atoms with Gasteiger partial charge in [-0.05, 0) is 56.2 Å². The minimum atomic E-state index is -1.05. The number of benzene rings is 2. The van der Waals surface area contributed by atoms with Crippen LogP contribution in [0.4, 0.5) is 10.6 Å². The highest BCUT2D eigenvalue weighted by molar-refractivity contribution is 5.83. The lowest BCUT2D eigenvalue weighted by atomic mass is 10.1. The summed E-state index contributed by atoms with van der Waals surface area (Å²) >= 11 is 0. The van der Waals surface area contributed by atoms with E-state index in [1.54, 1.807) is 39.0 Å². The SMILES string of the molecule is CC[C@@H](NC(=O)OC(C)(C)C)C(O)Nc1cccc(Oc2ccc3ccccc3c2)n1. The molecular weight excluding hydrogens is 394 g/mol. The summed E-state index contributed by atoms with van der Waals surface area (Å²) in [5.41, 5.74) is -0.614. The summed E-state index contributed by atoms with van der Waals surface area (Å²) in [5.74, 6) is 1.48. The quantitative estimate of drug-likeness (QED) is 0.460. The summed E-state index contributed by atoms with van der Waals surface area (Å²) in [6.07, 6.45) is -1.14. The monoisotopic (exact) mass is 423 g/mol. The van der Waals surface area contributed by atoms with Gasteiger partial charge in [-0.15, -0.1) is 0 Å². The fraction of sp³-hybridized carbons (Fsp3) is 0.333. The Bertz CT molecular complexity index is 1030. The van der Waals surface area contributed by atoms with Crippen LogP contribution in [0.1, 0.15) is 34.1 Å². The van der Waals surface area contributed by atoms with Crippen LogP contribution in [0.15, 0.2) is 60.7 Å². The van der Waals surface area contributed by atoms with Crippen LogP contribution < -0.4 is 15.4 Å². The molecule has 164 valence electrons. The molecule has 0 radical (unpaired) electrons. The molecule has 1 unspecified atom stereocenters. The number of nitrogens with zero attached hydrogens (tertiary/aromatic N) is 1. The van der Waals surface area contributed by atoms with E-state index in [9.17, 15) is 9.90 Å². The highest BCUT2D eigenvalue weighted by Crippen LogP contribution is 2.25. The van der Waals surface area contributed by atoms with Crippen molar-refractivity contribution in [3.05, 3.63) is 60.7 Å². The molecular formula is C24H29N3O4. The molecule has 0 saturated heterocycles. The molecule has 3 rings (SSSR count). The number of alkyl carbamates (subject to hydrolysis) is 1. The summed E-state index contributed by atoms with van der Waals surface area (Å²) in [7, 11) is 0. The molecule has 2 aromatic carbocycles. The molecule has 31 heavy (non-hydrogen) atoms. The van der Waals surface area contributed by atoms with Crippen molar-refractivity contribution in [2.24, 2.45) is 0 Å². The van der Waals surface area contributed by atoms with E-state index in [-0.39, 0.29) is 0 Å². The predicted octanol–water partition coefficient (Wildman–Crippen LogP) is 5.06. The van der Waals surface area contributed by atoms with Gasteiger partial charge in [0.15, 0.2) is 0 Å². The molecule has 1 amide bonds. The first kappa shape index (κ1) is 22.4. The molecule has 1 heterocycles. The van der Waals surface area contributed by atoms with Gasteiger partial charge in [-0.2, -0.15) is 4.98 Å². The molecule has 0 aliphatic carbocycles. The van der Waals surface area contributed by atoms with Crippen LogP contribution in [-0.2, 0) is 4.74 Å². The molecule has 0 saturated carbocycles. The Hall–Kier alpha value is -3.32. The minimum Gasteiger partial charge on any atom is -0.444 e. The number of hydrogen-bond donors (Lipinski definition) is 3. The first-order chi connectivity index (χ1) is 14.7. The highest BCUT2D eigenvalue weighted by Gasteiger charge is 2.23. The van der Waals surface area contributed by atoms with Gasteiger partial charge in [0.1, 0.15) is 23.4 Å². The third-order valence-corrected chi connectivity index (χ3v) is 4.49. The summed E-state index contributed by atoms with van der Waals surface area (Å²) in [6.45, 7) is 7.22. The molecule has 2 atom stereocenters. The Kier molecular flexibility index (Phi) is 6.97. The maximum absolute atomic E-state index is 12.0. The second-order valence-electron chi connectivity index (χ2n) is 8.22. The first-order valence-corrected chi connectivity index (χ1v) is 10.3. The number of fused-ring (bicyclic) bond motifs is 1. The molecule has 0 bridgehead atoms. The van der Waals surface area contributed by atoms with Crippen molar-refractivity contribution in [3.8, 4) is 11.6 Å². The number of nitrogens with one attached hydrogen (secondary N) is 2. The number of aliphatic hydroxyl groups excluding tert-OH is 1. The van der Waals surface area contributed by atoms with Crippen LogP contribution in [0.3, 0.4) is 0 Å². The summed E-state index contributed by atoms with van der Waals surface area (Å²) in [5, 5.41) is 18.3. The highest BCUT2D eigenvalue weighted by atomic mass is 16.6. The van der Waals surface area contributed by atoms with E-state index in [1.165, 1.54) is 0 Å². The Morgan fingerprint density at radius 3 is 2.52 bits per heavy atom. The lowest BCUT2D eigenvalue weighted by Gasteiger charge is -2.26. The Morgan fingerprint density at radius 2 is 1.81 bits per heavy atom. The maximum atomic E-state index is 12.0. The van der Waals surface area contributed by atoms with Gasteiger partial charge in [0.2, 0.25) is 5.88 Å². The second kappa shape index (κ2) is 9.66. The van der Waals surface area contributed by atoms with Crippen molar-refractivity contribution >= 4 is 22.7 Å². The molecule has 3 N–H and O–H groups in total. The molecule has 7 nitrogen and oxygen atoms in total. The van der Waals surface area contributed by atoms with E-state index in [2.05, 4.69) is 15.6 Å². The first-order valence-electron chi connectivity index (χ1n) is 10.3. The lowest BCUT2D eigenvalue weighted by Crippen LogP contribution is -2.48. The van der Waals surface area contributed by atoms with Gasteiger partial charge in [-0.25, -0.2) is 4.79 Å². The van der Waals surface area contributed by atoms with Gasteiger partial charge in [0.25, 0.3) is 0 Å². The normalized spacial score (nSPS) is 13.3. The van der Waals surface area contributed by atoms with Gasteiger partial charge in [0, 0.05) is 6.07 Å². The molecule has 3 aromatic rings. The van der Waals surface area contributed by atoms with Gasteiger partial charge in [-0.1, -0.05) is 43.3 Å². The van der Waals surface area contributed by atoms with E-state index < -0.39 is 24.0 Å². The Balaban J connectivity index is 1.65. The number of carbonyl (C=O) groups excluding carboxylic acids is 1. The molecule has 7 heteroatoms. The zero-order valence-electron chi connectivity index (χ0n) is 18.3. The standard InChI is InChI=1S/C24H29N3O4/c1-5-19(25-23(29)31-24(2,3)4)22(28)27-20-11-8-12-21(26-20)30-18-14-13-16-9-6-7-10-17(16)15-18/h6-15,19,22,28H,5H2,1-4H3,(H,25,29)(H,26,27)/t19-,22?/m1/s1. The Morgan fingerprint density at radius 1 is 1.06 bits per heavy atom. The molecule has 0 aliphatic heterocycles. The van der Waals surface area contributed by atoms with Gasteiger partial charge in [0.05, 0.1) is 6.04 Å². The van der Waals surface area contributed by atoms with Crippen LogP contribution in [0.2, 0.25) is 0 Å². The fourth-order valence-electron chi connectivity index (χ4n) is 3.02. The van der Waals surface area contributed by atoms with Gasteiger partial charge < -0.3 is 25.2 Å². The number of ether oxygens (including phenoxy) is 2. The topological polar surface area (TPSA) is 92.7 Å². The Labute approximate surface area is 182 Å². The number of amides is 1. The third kappa shape index (κ3) is 6.58. The number of anilines is 1. The van der Waals surface area contributed by atoms with Gasteiger partial charge in [-0.3, -0.25) is 0 Å². The lowest BCUT2D eigenvalue weighted by molar-refractivity contribution is 0.0441. The van der Waals surface area contributed by atoms with Gasteiger partial charge >= 0.3 is 6.09 Å². The summed E-state index contributed by atoms with van der Waals surface area (Å²) in [4.78, 5) is 16.4. The van der Waals surface area contributed by atoms with Crippen molar-refractivity contribution < 1.29 is 19.4 Å². The number of rotatable bonds is 7. The zero-order valence-corrected chi connectivity index (χ0v) is 18.3. The number of carbonyl (C=O) groups is 1. The molecule has 0 spiro atoms. The summed E-state index contributed by atoms with van der Waals surface area (Å²) in [6, 6.07) is 18.5. The fourth-order valence-corrected chi connectivity index (χ4v) is 3.02. The largest absolute Gasteiger partial charge is 0.444 e. The molecule has 0 aliphatic rings. The predicted molar refractivity (Wildman–Crippen MR) is 121 cm³/mol. The molecule has 1 aromatic heterocycles. The average molecular weight is 424 g/mol. The number of aliphatic hydroxyl groups is 1. The van der Waals surface area contributed by atoms with E-state index in [0.717, 1.165) is 10.8 Å². The van der Waals surface area contributed by atoms with E-state index in [0.29, 0.717) is 23.9 Å². The maximum Gasteiger partial charge on any atom is 0.408 e. The van der Waals surface area contributed by atoms with E-state index >= 15 is 0 Å². The van der Waals surface area contributed by atoms with Crippen LogP contribution in [0.5, 0.6) is 11.6 Å². The van der Waals surface area contributed by atoms with Crippen LogP contribution in [-0.4, -0.2) is 34.1 Å². The smallest absolute Gasteiger partial charge is 0.408 e. The van der Waals surface area contributed by atoms with Crippen LogP contribution in [0, 0.1) is 0 Å². The van der Waals surface area contributed by atoms with Crippen molar-refractivity contribution in [3.63, 3.8) is 0 Å². The summed E-state index contributed by atoms with van der Waals surface area (Å²) < 4.78 is 11.2. The zero-order chi connectivity index (χ0) is 22.4. The average Bonchev–Trinajstić information content (AvgIpc) is 2.71. The van der Waals surface area contributed by atoms with E-state index in [4.69, 9.17) is 9.47 Å². The van der Waals surface area contributed by atoms with E-state index in [1.807, 2.05) is 49.4 Å². The minimum absolute atomic E-state index is 0.389. The van der Waals surface area contributed by atoms with Crippen molar-refractivity contribution in [1.82, 2.24) is 10.3 Å². The number of aromatic nitrogens is 1. The van der Waals surface area contributed by atoms with Crippen LogP contribution in [0.25, 0.3) is 10.8 Å². The van der Waals surface area contributed by atoms with Crippen LogP contribution >= 0.6 is 0 Å². The third-order valence-electron chi connectivity index (χ3n) is 4.49. The van der Waals surface area contributed by atoms with Crippen molar-refractivity contribution in [2.45, 2.75) is 52.0 Å². The van der Waals surface area contributed by atoms with Crippen molar-refractivity contribution in [1.29, 1.82) is 0 Å². The second-order valence-corrected chi connectivity index (χ2v) is 8.22. The number of hydrogen-bond acceptors (Lipinski definition) is 6. The molecule has 0 fully saturated rings. The number of pyridine rings is 1. The van der Waals surface area contributed by atoms with Crippen molar-refractivity contribution in [2.75, 3.05) is 5.32 Å².